The minimum absolute atomic E-state index is 0.0344. The summed E-state index contributed by atoms with van der Waals surface area (Å²) in [5.74, 6) is -98.4. The number of benzene rings is 2. The molecule has 2 nitrogen and oxygen atoms in total. The largest absolute Gasteiger partial charge is 0.460 e. The lowest BCUT2D eigenvalue weighted by Gasteiger charge is -2.42. The van der Waals surface area contributed by atoms with Gasteiger partial charge < -0.3 is 0 Å². The average molecular weight is 1070 g/mol. The molecule has 2 aromatic rings. The zero-order valence-electron chi connectivity index (χ0n) is 27.0. The molecule has 0 spiro atoms. The molecule has 31 heteroatoms. The van der Waals surface area contributed by atoms with Crippen molar-refractivity contribution in [3.63, 3.8) is 0 Å². The molecule has 0 fully saturated rings. The van der Waals surface area contributed by atoms with E-state index >= 15 is 17.6 Å². The second-order valence-corrected chi connectivity index (χ2v) is 16.1. The molecule has 0 heterocycles. The standard InChI is InChI=1S/C28H14Br2F26O2S/c29-13-5-1-11(2-6-13)15(17(31,32)19(35,36)21(39,40)23(43,44)25(47,48)27(51,52)53)9-59(57,58)10-16(12-3-7-14(30)8-4-12)18(33,34)20(37,38)22(41,42)24(45,46)26(49,50)28(54,55)56/h1-8,15-16H,9-10H2. The minimum atomic E-state index is -8.61. The Kier molecular flexibility index (Phi) is 13.8. The number of hydrogen-bond donors (Lipinski definition) is 0. The Bertz CT molecular complexity index is 1770. The predicted molar refractivity (Wildman–Crippen MR) is 154 cm³/mol. The summed E-state index contributed by atoms with van der Waals surface area (Å²) in [6, 6.07) is 1.39. The molecule has 0 aliphatic rings. The van der Waals surface area contributed by atoms with Gasteiger partial charge >= 0.3 is 71.6 Å². The number of rotatable bonds is 16. The fourth-order valence-electron chi connectivity index (χ4n) is 4.79. The van der Waals surface area contributed by atoms with Crippen LogP contribution in [0.3, 0.4) is 0 Å². The Morgan fingerprint density at radius 1 is 0.356 bits per heavy atom. The molecule has 2 aromatic carbocycles. The second kappa shape index (κ2) is 15.4. The van der Waals surface area contributed by atoms with Crippen LogP contribution >= 0.6 is 31.9 Å². The van der Waals surface area contributed by atoms with E-state index in [1.54, 1.807) is 0 Å². The summed E-state index contributed by atoms with van der Waals surface area (Å²) < 4.78 is 390. The molecule has 0 aliphatic carbocycles. The maximum atomic E-state index is 15.5. The highest BCUT2D eigenvalue weighted by molar-refractivity contribution is 9.10. The van der Waals surface area contributed by atoms with Gasteiger partial charge in [-0.25, -0.2) is 8.42 Å². The third-order valence-electron chi connectivity index (χ3n) is 8.18. The van der Waals surface area contributed by atoms with E-state index in [2.05, 4.69) is 31.9 Å². The summed E-state index contributed by atoms with van der Waals surface area (Å²) in [4.78, 5) is 0. The molecule has 0 N–H and O–H groups in total. The van der Waals surface area contributed by atoms with E-state index in [1.165, 1.54) is 0 Å². The lowest BCUT2D eigenvalue weighted by molar-refractivity contribution is -0.441. The molecule has 2 rings (SSSR count). The predicted octanol–water partition coefficient (Wildman–Crippen LogP) is 13.0. The van der Waals surface area contributed by atoms with E-state index in [0.29, 0.717) is 24.3 Å². The van der Waals surface area contributed by atoms with Crippen molar-refractivity contribution < 1.29 is 123 Å². The van der Waals surface area contributed by atoms with Crippen LogP contribution in [0.4, 0.5) is 114 Å². The normalized spacial score (nSPS) is 16.6. The van der Waals surface area contributed by atoms with Crippen molar-refractivity contribution in [2.75, 3.05) is 11.5 Å². The molecule has 0 saturated heterocycles. The Morgan fingerprint density at radius 3 is 0.763 bits per heavy atom. The van der Waals surface area contributed by atoms with Gasteiger partial charge in [-0.1, -0.05) is 56.1 Å². The smallest absolute Gasteiger partial charge is 0.229 e. The van der Waals surface area contributed by atoms with Crippen LogP contribution in [0.15, 0.2) is 57.5 Å². The van der Waals surface area contributed by atoms with Crippen LogP contribution in [-0.2, 0) is 9.84 Å². The third kappa shape index (κ3) is 8.41. The first-order valence-corrected chi connectivity index (χ1v) is 17.7. The van der Waals surface area contributed by atoms with Crippen LogP contribution in [0.1, 0.15) is 23.0 Å². The minimum Gasteiger partial charge on any atom is -0.229 e. The molecule has 0 amide bonds. The van der Waals surface area contributed by atoms with Crippen LogP contribution in [0.2, 0.25) is 0 Å². The molecule has 0 radical (unpaired) electrons. The van der Waals surface area contributed by atoms with Gasteiger partial charge in [-0.05, 0) is 35.4 Å². The van der Waals surface area contributed by atoms with Gasteiger partial charge in [0.2, 0.25) is 0 Å². The Balaban J connectivity index is 2.94. The van der Waals surface area contributed by atoms with Gasteiger partial charge in [0.05, 0.1) is 23.3 Å². The fraction of sp³-hybridized carbons (Fsp3) is 0.571. The van der Waals surface area contributed by atoms with Gasteiger partial charge in [-0.3, -0.25) is 0 Å². The monoisotopic (exact) mass is 1070 g/mol. The summed E-state index contributed by atoms with van der Waals surface area (Å²) in [6.45, 7) is 0. The highest BCUT2D eigenvalue weighted by Gasteiger charge is 2.93. The quantitative estimate of drug-likeness (QED) is 0.157. The van der Waals surface area contributed by atoms with E-state index in [9.17, 15) is 105 Å². The highest BCUT2D eigenvalue weighted by Crippen LogP contribution is 2.64. The molecule has 2 atom stereocenters. The van der Waals surface area contributed by atoms with Gasteiger partial charge in [0.1, 0.15) is 0 Å². The molecule has 2 unspecified atom stereocenters. The lowest BCUT2D eigenvalue weighted by Crippen LogP contribution is -2.71. The SMILES string of the molecule is O=S(=O)(CC(c1ccc(Br)cc1)C(F)(F)C(F)(F)C(F)(F)C(F)(F)C(F)(F)C(F)(F)F)CC(c1ccc(Br)cc1)C(F)(F)C(F)(F)C(F)(F)C(F)(F)C(F)(F)C(F)(F)F. The van der Waals surface area contributed by atoms with E-state index in [0.717, 1.165) is 0 Å². The van der Waals surface area contributed by atoms with Crippen molar-refractivity contribution in [3.8, 4) is 0 Å². The Morgan fingerprint density at radius 2 is 0.559 bits per heavy atom. The fourth-order valence-corrected chi connectivity index (χ4v) is 7.27. The maximum absolute atomic E-state index is 15.5. The van der Waals surface area contributed by atoms with Gasteiger partial charge in [0.25, 0.3) is 0 Å². The van der Waals surface area contributed by atoms with E-state index in [-0.39, 0.29) is 33.2 Å². The Hall–Kier alpha value is -2.47. The molecule has 340 valence electrons. The molecule has 0 bridgehead atoms. The van der Waals surface area contributed by atoms with E-state index in [4.69, 9.17) is 0 Å². The molecule has 0 aromatic heterocycles. The van der Waals surface area contributed by atoms with Crippen molar-refractivity contribution in [1.82, 2.24) is 0 Å². The summed E-state index contributed by atoms with van der Waals surface area (Å²) in [7, 11) is -6.82. The van der Waals surface area contributed by atoms with Gasteiger partial charge in [-0.2, -0.15) is 114 Å². The van der Waals surface area contributed by atoms with Crippen molar-refractivity contribution >= 4 is 41.7 Å². The van der Waals surface area contributed by atoms with Gasteiger partial charge in [0, 0.05) is 8.95 Å². The van der Waals surface area contributed by atoms with Crippen LogP contribution in [0, 0.1) is 0 Å². The molecule has 0 aliphatic heterocycles. The summed E-state index contributed by atoms with van der Waals surface area (Å²) in [5.41, 5.74) is -3.78. The van der Waals surface area contributed by atoms with Crippen molar-refractivity contribution in [3.05, 3.63) is 68.6 Å². The average Bonchev–Trinajstić information content (AvgIpc) is 3.05. The number of hydrogen-bond acceptors (Lipinski definition) is 2. The van der Waals surface area contributed by atoms with Crippen LogP contribution in [-0.4, -0.2) is 91.5 Å². The van der Waals surface area contributed by atoms with E-state index in [1.807, 2.05) is 0 Å². The summed E-state index contributed by atoms with van der Waals surface area (Å²) in [6.07, 6.45) is -15.8. The second-order valence-electron chi connectivity index (χ2n) is 12.1. The van der Waals surface area contributed by atoms with E-state index < -0.39 is 116 Å². The van der Waals surface area contributed by atoms with Crippen LogP contribution in [0.25, 0.3) is 0 Å². The number of halogens is 28. The maximum Gasteiger partial charge on any atom is 0.460 e. The lowest BCUT2D eigenvalue weighted by atomic mass is 9.84. The van der Waals surface area contributed by atoms with Gasteiger partial charge in [0.15, 0.2) is 9.84 Å². The molecular formula is C28H14Br2F26O2S. The van der Waals surface area contributed by atoms with Crippen molar-refractivity contribution in [1.29, 1.82) is 0 Å². The van der Waals surface area contributed by atoms with Crippen molar-refractivity contribution in [2.45, 2.75) is 83.4 Å². The Labute approximate surface area is 327 Å². The summed E-state index contributed by atoms with van der Waals surface area (Å²) in [5, 5.41) is 0. The van der Waals surface area contributed by atoms with Crippen LogP contribution < -0.4 is 0 Å². The van der Waals surface area contributed by atoms with Gasteiger partial charge in [-0.15, -0.1) is 0 Å². The zero-order chi connectivity index (χ0) is 47.0. The van der Waals surface area contributed by atoms with Crippen LogP contribution in [0.5, 0.6) is 0 Å². The molecule has 0 saturated carbocycles. The first-order valence-electron chi connectivity index (χ1n) is 14.3. The third-order valence-corrected chi connectivity index (χ3v) is 10.9. The highest BCUT2D eigenvalue weighted by atomic mass is 79.9. The zero-order valence-corrected chi connectivity index (χ0v) is 31.0. The number of sulfone groups is 1. The summed E-state index contributed by atoms with van der Waals surface area (Å²) >= 11 is 5.11. The first kappa shape index (κ1) is 52.7. The number of alkyl halides is 26. The topological polar surface area (TPSA) is 34.1 Å². The molecular weight excluding hydrogens is 1050 g/mol. The molecule has 59 heavy (non-hydrogen) atoms. The van der Waals surface area contributed by atoms with Crippen molar-refractivity contribution in [2.24, 2.45) is 0 Å². The first-order chi connectivity index (χ1) is 25.7.